The second-order valence-electron chi connectivity index (χ2n) is 5.97. The molecule has 0 radical (unpaired) electrons. The van der Waals surface area contributed by atoms with Crippen molar-refractivity contribution in [1.82, 2.24) is 14.4 Å². The SMILES string of the molecule is Cc1cc(Br)c2nc(N3CCOCC3)n3cc(C(F)(F)F)nc3c2c1. The van der Waals surface area contributed by atoms with Gasteiger partial charge in [-0.2, -0.15) is 13.2 Å². The second kappa shape index (κ2) is 5.84. The average Bonchev–Trinajstić information content (AvgIpc) is 3.01. The summed E-state index contributed by atoms with van der Waals surface area (Å²) in [6.45, 7) is 4.03. The molecule has 0 unspecified atom stereocenters. The molecule has 4 rings (SSSR count). The van der Waals surface area contributed by atoms with E-state index < -0.39 is 11.9 Å². The zero-order valence-corrected chi connectivity index (χ0v) is 14.9. The molecule has 9 heteroatoms. The number of nitrogens with zero attached hydrogens (tertiary/aromatic N) is 4. The molecule has 0 N–H and O–H groups in total. The lowest BCUT2D eigenvalue weighted by molar-refractivity contribution is -0.140. The van der Waals surface area contributed by atoms with Crippen LogP contribution in [0.15, 0.2) is 22.8 Å². The zero-order valence-electron chi connectivity index (χ0n) is 13.3. The summed E-state index contributed by atoms with van der Waals surface area (Å²) in [5.74, 6) is 0.443. The molecule has 3 heterocycles. The Kier molecular flexibility index (Phi) is 3.88. The van der Waals surface area contributed by atoms with Gasteiger partial charge < -0.3 is 9.64 Å². The highest BCUT2D eigenvalue weighted by atomic mass is 79.9. The summed E-state index contributed by atoms with van der Waals surface area (Å²) >= 11 is 3.47. The third-order valence-corrected chi connectivity index (χ3v) is 4.77. The summed E-state index contributed by atoms with van der Waals surface area (Å²) in [5, 5.41) is 0.583. The van der Waals surface area contributed by atoms with Gasteiger partial charge in [0.15, 0.2) is 5.69 Å². The number of benzene rings is 1. The second-order valence-corrected chi connectivity index (χ2v) is 6.83. The number of rotatable bonds is 1. The molecule has 0 bridgehead atoms. The number of hydrogen-bond acceptors (Lipinski definition) is 4. The highest BCUT2D eigenvalue weighted by Gasteiger charge is 2.35. The standard InChI is InChI=1S/C16H14BrF3N4O/c1-9-6-10-13(11(17)7-9)22-15(23-2-4-25-5-3-23)24-8-12(16(18,19)20)21-14(10)24/h6-8H,2-5H2,1H3. The first-order valence-electron chi connectivity index (χ1n) is 7.73. The Morgan fingerprint density at radius 1 is 1.16 bits per heavy atom. The van der Waals surface area contributed by atoms with E-state index in [0.29, 0.717) is 43.2 Å². The van der Waals surface area contributed by atoms with Gasteiger partial charge in [0.25, 0.3) is 0 Å². The van der Waals surface area contributed by atoms with Crippen LogP contribution in [0.3, 0.4) is 0 Å². The van der Waals surface area contributed by atoms with Crippen LogP contribution < -0.4 is 4.90 Å². The number of halogens is 4. The van der Waals surface area contributed by atoms with Gasteiger partial charge in [0, 0.05) is 29.1 Å². The van der Waals surface area contributed by atoms with E-state index in [4.69, 9.17) is 4.74 Å². The average molecular weight is 415 g/mol. The number of hydrogen-bond donors (Lipinski definition) is 0. The Hall–Kier alpha value is -1.87. The molecule has 0 aliphatic carbocycles. The van der Waals surface area contributed by atoms with E-state index in [0.717, 1.165) is 16.2 Å². The van der Waals surface area contributed by atoms with Crippen LogP contribution in [0.1, 0.15) is 11.3 Å². The molecule has 0 amide bonds. The lowest BCUT2D eigenvalue weighted by atomic mass is 10.1. The van der Waals surface area contributed by atoms with Crippen molar-refractivity contribution < 1.29 is 17.9 Å². The van der Waals surface area contributed by atoms with Crippen molar-refractivity contribution in [3.8, 4) is 0 Å². The van der Waals surface area contributed by atoms with E-state index in [1.165, 1.54) is 4.40 Å². The molecule has 5 nitrogen and oxygen atoms in total. The van der Waals surface area contributed by atoms with E-state index in [-0.39, 0.29) is 5.65 Å². The fourth-order valence-electron chi connectivity index (χ4n) is 3.02. The Morgan fingerprint density at radius 2 is 1.88 bits per heavy atom. The quantitative estimate of drug-likeness (QED) is 0.607. The lowest BCUT2D eigenvalue weighted by Crippen LogP contribution is -2.38. The molecule has 132 valence electrons. The molecular formula is C16H14BrF3N4O. The van der Waals surface area contributed by atoms with Crippen molar-refractivity contribution in [3.63, 3.8) is 0 Å². The topological polar surface area (TPSA) is 42.7 Å². The molecule has 1 saturated heterocycles. The van der Waals surface area contributed by atoms with Crippen LogP contribution in [-0.2, 0) is 10.9 Å². The van der Waals surface area contributed by atoms with Crippen molar-refractivity contribution >= 4 is 38.4 Å². The zero-order chi connectivity index (χ0) is 17.8. The molecule has 1 aliphatic heterocycles. The fourth-order valence-corrected chi connectivity index (χ4v) is 3.68. The first-order chi connectivity index (χ1) is 11.8. The minimum Gasteiger partial charge on any atom is -0.378 e. The summed E-state index contributed by atoms with van der Waals surface area (Å²) in [7, 11) is 0. The summed E-state index contributed by atoms with van der Waals surface area (Å²) in [6, 6.07) is 3.70. The van der Waals surface area contributed by atoms with Crippen molar-refractivity contribution in [1.29, 1.82) is 0 Å². The van der Waals surface area contributed by atoms with Crippen LogP contribution in [-0.4, -0.2) is 40.7 Å². The van der Waals surface area contributed by atoms with E-state index >= 15 is 0 Å². The summed E-state index contributed by atoms with van der Waals surface area (Å²) < 4.78 is 47.2. The van der Waals surface area contributed by atoms with Crippen LogP contribution in [0.2, 0.25) is 0 Å². The highest BCUT2D eigenvalue weighted by molar-refractivity contribution is 9.10. The molecule has 0 saturated carbocycles. The number of fused-ring (bicyclic) bond motifs is 3. The van der Waals surface area contributed by atoms with Gasteiger partial charge in [0.1, 0.15) is 5.65 Å². The predicted molar refractivity (Wildman–Crippen MR) is 91.0 cm³/mol. The van der Waals surface area contributed by atoms with Crippen molar-refractivity contribution in [3.05, 3.63) is 34.1 Å². The van der Waals surface area contributed by atoms with Gasteiger partial charge in [-0.15, -0.1) is 0 Å². The Balaban J connectivity index is 2.06. The van der Waals surface area contributed by atoms with Crippen molar-refractivity contribution in [2.75, 3.05) is 31.2 Å². The first kappa shape index (κ1) is 16.6. The normalized spacial score (nSPS) is 16.1. The summed E-state index contributed by atoms with van der Waals surface area (Å²) in [6.07, 6.45) is -3.50. The molecule has 25 heavy (non-hydrogen) atoms. The highest BCUT2D eigenvalue weighted by Crippen LogP contribution is 2.34. The molecule has 2 aromatic heterocycles. The largest absolute Gasteiger partial charge is 0.434 e. The summed E-state index contributed by atoms with van der Waals surface area (Å²) in [5.41, 5.74) is 0.842. The predicted octanol–water partition coefficient (Wildman–Crippen LogP) is 3.81. The van der Waals surface area contributed by atoms with Crippen LogP contribution >= 0.6 is 15.9 Å². The van der Waals surface area contributed by atoms with Gasteiger partial charge in [0.2, 0.25) is 5.95 Å². The van der Waals surface area contributed by atoms with Gasteiger partial charge in [0.05, 0.1) is 18.7 Å². The third kappa shape index (κ3) is 2.85. The van der Waals surface area contributed by atoms with Gasteiger partial charge >= 0.3 is 6.18 Å². The van der Waals surface area contributed by atoms with Gasteiger partial charge in [-0.25, -0.2) is 9.97 Å². The molecule has 3 aromatic rings. The molecule has 0 atom stereocenters. The van der Waals surface area contributed by atoms with Crippen LogP contribution in [0, 0.1) is 6.92 Å². The van der Waals surface area contributed by atoms with Crippen LogP contribution in [0.25, 0.3) is 16.6 Å². The van der Waals surface area contributed by atoms with E-state index in [1.807, 2.05) is 17.9 Å². The Labute approximate surface area is 149 Å². The van der Waals surface area contributed by atoms with Gasteiger partial charge in [-0.05, 0) is 40.5 Å². The monoisotopic (exact) mass is 414 g/mol. The number of anilines is 1. The van der Waals surface area contributed by atoms with Gasteiger partial charge in [-0.3, -0.25) is 4.40 Å². The number of aromatic nitrogens is 3. The lowest BCUT2D eigenvalue weighted by Gasteiger charge is -2.28. The summed E-state index contributed by atoms with van der Waals surface area (Å²) in [4.78, 5) is 10.4. The molecule has 1 aliphatic rings. The van der Waals surface area contributed by atoms with E-state index in [1.54, 1.807) is 6.07 Å². The minimum atomic E-state index is -4.51. The molecular weight excluding hydrogens is 401 g/mol. The van der Waals surface area contributed by atoms with Gasteiger partial charge in [-0.1, -0.05) is 0 Å². The molecule has 1 fully saturated rings. The maximum atomic E-state index is 13.2. The number of ether oxygens (including phenoxy) is 1. The third-order valence-electron chi connectivity index (χ3n) is 4.17. The van der Waals surface area contributed by atoms with E-state index in [9.17, 15) is 13.2 Å². The molecule has 1 aromatic carbocycles. The maximum Gasteiger partial charge on any atom is 0.434 e. The van der Waals surface area contributed by atoms with E-state index in [2.05, 4.69) is 25.9 Å². The van der Waals surface area contributed by atoms with Crippen LogP contribution in [0.5, 0.6) is 0 Å². The van der Waals surface area contributed by atoms with Crippen LogP contribution in [0.4, 0.5) is 19.1 Å². The first-order valence-corrected chi connectivity index (χ1v) is 8.53. The number of imidazole rings is 1. The fraction of sp³-hybridized carbons (Fsp3) is 0.375. The smallest absolute Gasteiger partial charge is 0.378 e. The maximum absolute atomic E-state index is 13.2. The number of aryl methyl sites for hydroxylation is 1. The van der Waals surface area contributed by atoms with Crippen molar-refractivity contribution in [2.24, 2.45) is 0 Å². The molecule has 0 spiro atoms. The minimum absolute atomic E-state index is 0.253. The van der Waals surface area contributed by atoms with Crippen molar-refractivity contribution in [2.45, 2.75) is 13.1 Å². The number of alkyl halides is 3. The Morgan fingerprint density at radius 3 is 2.56 bits per heavy atom. The number of morpholine rings is 1. The Bertz CT molecular complexity index is 964.